The maximum absolute atomic E-state index is 13.2. The van der Waals surface area contributed by atoms with Crippen molar-refractivity contribution in [3.05, 3.63) is 130 Å². The number of ether oxygens (including phenoxy) is 1. The zero-order valence-electron chi connectivity index (χ0n) is 41.4. The lowest BCUT2D eigenvalue weighted by Crippen LogP contribution is -2.46. The first-order valence-electron chi connectivity index (χ1n) is 24.3. The Bertz CT molecular complexity index is 3140. The molecule has 0 spiro atoms. The Morgan fingerprint density at radius 2 is 1.47 bits per heavy atom. The van der Waals surface area contributed by atoms with Gasteiger partial charge in [0.15, 0.2) is 5.82 Å². The van der Waals surface area contributed by atoms with Crippen LogP contribution in [-0.2, 0) is 5.54 Å². The average molecular weight is 1020 g/mol. The Morgan fingerprint density at radius 3 is 2.04 bits per heavy atom. The number of amides is 1. The predicted octanol–water partition coefficient (Wildman–Crippen LogP) is 8.44. The van der Waals surface area contributed by atoms with Crippen molar-refractivity contribution in [3.63, 3.8) is 0 Å². The second-order valence-corrected chi connectivity index (χ2v) is 20.1. The number of nitrogens with one attached hydrogen (secondary N) is 2. The number of aliphatic hydroxyl groups is 4. The normalized spacial score (nSPS) is 19.3. The number of rotatable bonds is 10. The number of halogens is 4. The van der Waals surface area contributed by atoms with Crippen LogP contribution in [0.25, 0.3) is 33.5 Å². The zero-order chi connectivity index (χ0) is 53.4. The molecule has 1 aromatic carbocycles. The topological polar surface area (TPSA) is 254 Å². The van der Waals surface area contributed by atoms with Gasteiger partial charge in [0.25, 0.3) is 5.91 Å². The number of aromatic nitrogens is 7. The number of pyridine rings is 3. The Hall–Kier alpha value is -6.93. The fourth-order valence-electron chi connectivity index (χ4n) is 10.8. The largest absolute Gasteiger partial charge is 0.434 e. The van der Waals surface area contributed by atoms with E-state index in [1.165, 1.54) is 6.07 Å². The minimum absolute atomic E-state index is 0.0350. The molecule has 1 fully saturated rings. The van der Waals surface area contributed by atoms with Crippen molar-refractivity contribution in [2.24, 2.45) is 11.1 Å². The number of benzene rings is 1. The standard InChI is InChI=1S/C28H26F2N4O2.C23H30N6O3.CH2F2O.CHN/c1-3-15(4-2)20-9-8-17(14-31-20)16-10-11-34-22(12-16)25-19-13-21(26(25)33-34)32-27(35)18-6-5-7-23(24(18)19)36-28(29)30;1-21(2,3)15-10-16(27-23(30,31)32)19-18(15)17-9-13(5-8-29(17)28-19)20-25-11-14(12-26-20)22(24)6-4-7-22;2-1(3)4;1-2/h5-12,14-15,19,21,28H,3-4,13H2,1-2H3,(H,32,35);5,8-9,11-12,15-16,27,30-32H,4,6-7,10,24H2,1-3H3;1,4H;1H. The van der Waals surface area contributed by atoms with E-state index in [4.69, 9.17) is 30.9 Å². The molecule has 21 heteroatoms. The van der Waals surface area contributed by atoms with Crippen molar-refractivity contribution >= 4 is 16.9 Å². The first-order chi connectivity index (χ1) is 35.2. The van der Waals surface area contributed by atoms with Gasteiger partial charge in [-0.05, 0) is 104 Å². The summed E-state index contributed by atoms with van der Waals surface area (Å²) in [5.41, 5.74) is 17.0. The molecule has 11 rings (SSSR count). The van der Waals surface area contributed by atoms with E-state index in [1.54, 1.807) is 21.2 Å². The molecule has 4 unspecified atom stereocenters. The van der Waals surface area contributed by atoms with Gasteiger partial charge in [0.05, 0.1) is 34.5 Å². The van der Waals surface area contributed by atoms with Crippen molar-refractivity contribution < 1.29 is 47.5 Å². The second-order valence-electron chi connectivity index (χ2n) is 20.1. The van der Waals surface area contributed by atoms with Crippen LogP contribution in [0.3, 0.4) is 0 Å². The van der Waals surface area contributed by atoms with Gasteiger partial charge >= 0.3 is 19.3 Å². The summed E-state index contributed by atoms with van der Waals surface area (Å²) in [6.07, 6.45) is 12.6. The van der Waals surface area contributed by atoms with Crippen LogP contribution in [0.15, 0.2) is 85.6 Å². The minimum atomic E-state index is -3.17. The highest BCUT2D eigenvalue weighted by Gasteiger charge is 2.45. The Morgan fingerprint density at radius 1 is 0.851 bits per heavy atom. The maximum Gasteiger partial charge on any atom is 0.387 e. The van der Waals surface area contributed by atoms with Gasteiger partial charge in [-0.2, -0.15) is 27.8 Å². The Balaban J connectivity index is 0.000000179. The van der Waals surface area contributed by atoms with Gasteiger partial charge < -0.3 is 36.2 Å². The predicted molar refractivity (Wildman–Crippen MR) is 264 cm³/mol. The van der Waals surface area contributed by atoms with E-state index in [0.29, 0.717) is 41.4 Å². The van der Waals surface area contributed by atoms with Gasteiger partial charge in [-0.15, -0.1) is 0 Å². The van der Waals surface area contributed by atoms with Crippen LogP contribution in [0.4, 0.5) is 17.6 Å². The lowest BCUT2D eigenvalue weighted by Gasteiger charge is -2.37. The van der Waals surface area contributed by atoms with Crippen LogP contribution in [0.1, 0.15) is 159 Å². The highest BCUT2D eigenvalue weighted by molar-refractivity contribution is 5.98. The molecule has 7 aromatic rings. The van der Waals surface area contributed by atoms with Gasteiger partial charge in [-0.3, -0.25) is 9.78 Å². The summed E-state index contributed by atoms with van der Waals surface area (Å²) >= 11 is 0. The molecule has 8 N–H and O–H groups in total. The van der Waals surface area contributed by atoms with Gasteiger partial charge in [0.2, 0.25) is 0 Å². The van der Waals surface area contributed by atoms with Crippen LogP contribution in [-0.4, -0.2) is 79.8 Å². The molecule has 4 aliphatic rings. The summed E-state index contributed by atoms with van der Waals surface area (Å²) in [5, 5.41) is 56.7. The highest BCUT2D eigenvalue weighted by atomic mass is 19.3. The van der Waals surface area contributed by atoms with Crippen molar-refractivity contribution in [2.75, 3.05) is 0 Å². The number of hydrogen-bond acceptors (Lipinski definition) is 14. The molecule has 4 atom stereocenters. The zero-order valence-corrected chi connectivity index (χ0v) is 41.4. The monoisotopic (exact) mass is 1020 g/mol. The van der Waals surface area contributed by atoms with Crippen molar-refractivity contribution in [2.45, 2.75) is 134 Å². The second kappa shape index (κ2) is 21.1. The molecule has 1 amide bonds. The molecule has 1 aliphatic heterocycles. The lowest BCUT2D eigenvalue weighted by atomic mass is 9.74. The van der Waals surface area contributed by atoms with Crippen LogP contribution < -0.4 is 21.1 Å². The Kier molecular flexibility index (Phi) is 15.2. The third-order valence-corrected chi connectivity index (χ3v) is 14.6. The molecular weight excluding hydrogens is 963 g/mol. The summed E-state index contributed by atoms with van der Waals surface area (Å²) < 4.78 is 54.7. The molecule has 390 valence electrons. The Labute approximate surface area is 424 Å². The van der Waals surface area contributed by atoms with Crippen LogP contribution in [0, 0.1) is 17.2 Å². The lowest BCUT2D eigenvalue weighted by molar-refractivity contribution is -0.336. The van der Waals surface area contributed by atoms with Crippen molar-refractivity contribution in [3.8, 4) is 34.8 Å². The van der Waals surface area contributed by atoms with E-state index in [9.17, 15) is 37.7 Å². The van der Waals surface area contributed by atoms with E-state index < -0.39 is 25.4 Å². The highest BCUT2D eigenvalue weighted by Crippen LogP contribution is 2.53. The number of nitrogens with two attached hydrogens (primary N) is 1. The summed E-state index contributed by atoms with van der Waals surface area (Å²) in [5.74, 6) is 0.607. The van der Waals surface area contributed by atoms with Gasteiger partial charge in [0, 0.05) is 99.6 Å². The summed E-state index contributed by atoms with van der Waals surface area (Å²) in [6, 6.07) is 16.1. The fourth-order valence-corrected chi connectivity index (χ4v) is 10.8. The van der Waals surface area contributed by atoms with Gasteiger partial charge in [-0.25, -0.2) is 29.6 Å². The van der Waals surface area contributed by atoms with Crippen LogP contribution in [0.5, 0.6) is 5.75 Å². The van der Waals surface area contributed by atoms with E-state index in [2.05, 4.69) is 85.1 Å². The molecule has 3 aliphatic carbocycles. The summed E-state index contributed by atoms with van der Waals surface area (Å²) in [4.78, 5) is 26.8. The first-order valence-corrected chi connectivity index (χ1v) is 24.3. The third kappa shape index (κ3) is 10.7. The maximum atomic E-state index is 13.2. The van der Waals surface area contributed by atoms with Crippen molar-refractivity contribution in [1.29, 1.82) is 5.26 Å². The molecule has 2 bridgehead atoms. The van der Waals surface area contributed by atoms with E-state index in [0.717, 1.165) is 87.9 Å². The van der Waals surface area contributed by atoms with E-state index in [-0.39, 0.29) is 40.5 Å². The molecule has 1 saturated carbocycles. The summed E-state index contributed by atoms with van der Waals surface area (Å²) in [6.45, 7) is 8.14. The number of nitriles is 1. The number of fused-ring (bicyclic) bond motifs is 12. The minimum Gasteiger partial charge on any atom is -0.434 e. The third-order valence-electron chi connectivity index (χ3n) is 14.6. The number of alkyl halides is 4. The van der Waals surface area contributed by atoms with Crippen molar-refractivity contribution in [1.82, 2.24) is 44.8 Å². The SMILES string of the molecule is C#N.CC(C)(C)C1CC(NC(O)(O)O)c2nn3ccc(-c4ncc(C5(N)CCC5)cn4)cc3c21.CCC(CC)c1ccc(-c2ccn3nc4c(c3c2)C2CC4NC(=O)c3cccc(OC(F)F)c32)cn1.OC(F)F. The quantitative estimate of drug-likeness (QED) is 0.0502. The molecule has 17 nitrogen and oxygen atoms in total. The number of nitrogens with zero attached hydrogens (tertiary/aromatic N) is 8. The number of carbonyl (C=O) groups is 1. The van der Waals surface area contributed by atoms with E-state index >= 15 is 0 Å². The van der Waals surface area contributed by atoms with Crippen LogP contribution >= 0.6 is 0 Å². The number of aliphatic hydroxyl groups excluding tert-OH is 1. The van der Waals surface area contributed by atoms with E-state index in [1.807, 2.05) is 49.2 Å². The number of hydrogen-bond donors (Lipinski definition) is 7. The molecule has 7 heterocycles. The fraction of sp³-hybridized carbons (Fsp3) is 0.415. The molecular formula is C53H59F4N11O6. The average Bonchev–Trinajstić information content (AvgIpc) is 4.08. The smallest absolute Gasteiger partial charge is 0.387 e. The summed E-state index contributed by atoms with van der Waals surface area (Å²) in [7, 11) is 0. The van der Waals surface area contributed by atoms with Gasteiger partial charge in [-0.1, -0.05) is 46.8 Å². The molecule has 0 saturated heterocycles. The van der Waals surface area contributed by atoms with Gasteiger partial charge in [0.1, 0.15) is 5.75 Å². The first kappa shape index (κ1) is 53.4. The molecule has 6 aromatic heterocycles. The number of carbonyl (C=O) groups excluding carboxylic acids is 1. The molecule has 74 heavy (non-hydrogen) atoms. The molecule has 0 radical (unpaired) electrons. The van der Waals surface area contributed by atoms with Crippen LogP contribution in [0.2, 0.25) is 0 Å².